The Labute approximate surface area is 223 Å². The molecule has 6 rings (SSSR count). The molecule has 1 aliphatic carbocycles. The Bertz CT molecular complexity index is 1540. The number of anilines is 1. The molecule has 1 amide bonds. The van der Waals surface area contributed by atoms with Crippen LogP contribution in [0.5, 0.6) is 0 Å². The summed E-state index contributed by atoms with van der Waals surface area (Å²) >= 11 is 0. The highest BCUT2D eigenvalue weighted by molar-refractivity contribution is 5.95. The minimum absolute atomic E-state index is 0.0660. The molecule has 9 heteroatoms. The SMILES string of the molecule is O=C(c1ccc(C(F)(F)F)cc1F)N(Cc1cccc(-c2ccc3ncnc(N4CCCC4)c3c2)c1)C1CC1. The van der Waals surface area contributed by atoms with Crippen molar-refractivity contribution >= 4 is 22.6 Å². The summed E-state index contributed by atoms with van der Waals surface area (Å²) in [6.07, 6.45) is 0.747. The number of fused-ring (bicyclic) bond motifs is 1. The van der Waals surface area contributed by atoms with Gasteiger partial charge in [-0.2, -0.15) is 13.2 Å². The number of rotatable bonds is 6. The van der Waals surface area contributed by atoms with Crippen LogP contribution in [0.4, 0.5) is 23.4 Å². The zero-order valence-electron chi connectivity index (χ0n) is 21.1. The maximum Gasteiger partial charge on any atom is 0.416 e. The highest BCUT2D eigenvalue weighted by Crippen LogP contribution is 2.34. The molecular formula is C30H26F4N4O. The van der Waals surface area contributed by atoms with E-state index in [0.717, 1.165) is 84.3 Å². The zero-order chi connectivity index (χ0) is 27.1. The van der Waals surface area contributed by atoms with Crippen LogP contribution in [0.1, 0.15) is 47.2 Å². The summed E-state index contributed by atoms with van der Waals surface area (Å²) in [5, 5.41) is 0.981. The molecule has 2 heterocycles. The molecule has 0 unspecified atom stereocenters. The molecule has 1 saturated carbocycles. The number of nitrogens with zero attached hydrogens (tertiary/aromatic N) is 4. The lowest BCUT2D eigenvalue weighted by Gasteiger charge is -2.23. The normalized spacial score (nSPS) is 15.6. The summed E-state index contributed by atoms with van der Waals surface area (Å²) in [5.74, 6) is -0.840. The minimum Gasteiger partial charge on any atom is -0.356 e. The third kappa shape index (κ3) is 5.17. The molecule has 1 aromatic heterocycles. The van der Waals surface area contributed by atoms with Crippen molar-refractivity contribution < 1.29 is 22.4 Å². The van der Waals surface area contributed by atoms with Crippen molar-refractivity contribution in [2.24, 2.45) is 0 Å². The van der Waals surface area contributed by atoms with Gasteiger partial charge >= 0.3 is 6.18 Å². The van der Waals surface area contributed by atoms with Gasteiger partial charge < -0.3 is 9.80 Å². The highest BCUT2D eigenvalue weighted by atomic mass is 19.4. The van der Waals surface area contributed by atoms with Gasteiger partial charge in [0.25, 0.3) is 5.91 Å². The lowest BCUT2D eigenvalue weighted by atomic mass is 10.0. The Morgan fingerprint density at radius 1 is 0.949 bits per heavy atom. The van der Waals surface area contributed by atoms with Gasteiger partial charge in [-0.25, -0.2) is 14.4 Å². The molecule has 1 aliphatic heterocycles. The van der Waals surface area contributed by atoms with Crippen LogP contribution in [-0.4, -0.2) is 39.9 Å². The van der Waals surface area contributed by atoms with Crippen molar-refractivity contribution in [1.29, 1.82) is 0 Å². The average Bonchev–Trinajstić information content (AvgIpc) is 3.63. The first-order valence-electron chi connectivity index (χ1n) is 13.0. The second-order valence-corrected chi connectivity index (χ2v) is 10.2. The number of hydrogen-bond acceptors (Lipinski definition) is 4. The van der Waals surface area contributed by atoms with E-state index in [1.807, 2.05) is 36.4 Å². The van der Waals surface area contributed by atoms with Gasteiger partial charge in [0.15, 0.2) is 0 Å². The highest BCUT2D eigenvalue weighted by Gasteiger charge is 2.36. The number of halogens is 4. The van der Waals surface area contributed by atoms with Gasteiger partial charge in [0.05, 0.1) is 16.6 Å². The maximum absolute atomic E-state index is 14.6. The van der Waals surface area contributed by atoms with Crippen LogP contribution in [0.3, 0.4) is 0 Å². The topological polar surface area (TPSA) is 49.3 Å². The second-order valence-electron chi connectivity index (χ2n) is 10.2. The minimum atomic E-state index is -4.68. The van der Waals surface area contributed by atoms with E-state index in [9.17, 15) is 22.4 Å². The molecule has 0 radical (unpaired) electrons. The Morgan fingerprint density at radius 2 is 1.72 bits per heavy atom. The van der Waals surface area contributed by atoms with Crippen LogP contribution in [0, 0.1) is 5.82 Å². The molecule has 39 heavy (non-hydrogen) atoms. The Balaban J connectivity index is 1.28. The molecule has 0 spiro atoms. The summed E-state index contributed by atoms with van der Waals surface area (Å²) in [5.41, 5.74) is 2.19. The molecule has 0 atom stereocenters. The van der Waals surface area contributed by atoms with E-state index in [1.165, 1.54) is 0 Å². The Kier molecular flexibility index (Phi) is 6.45. The molecule has 2 aliphatic rings. The third-order valence-corrected chi connectivity index (χ3v) is 7.41. The molecule has 1 saturated heterocycles. The van der Waals surface area contributed by atoms with Crippen LogP contribution in [-0.2, 0) is 12.7 Å². The maximum atomic E-state index is 14.6. The molecule has 200 valence electrons. The number of amides is 1. The number of benzene rings is 3. The summed E-state index contributed by atoms with van der Waals surface area (Å²) in [6.45, 7) is 2.17. The number of hydrogen-bond donors (Lipinski definition) is 0. The van der Waals surface area contributed by atoms with Gasteiger partial charge in [-0.05, 0) is 78.8 Å². The average molecular weight is 535 g/mol. The van der Waals surface area contributed by atoms with E-state index < -0.39 is 23.5 Å². The molecular weight excluding hydrogens is 508 g/mol. The molecule has 2 fully saturated rings. The van der Waals surface area contributed by atoms with Crippen molar-refractivity contribution in [1.82, 2.24) is 14.9 Å². The summed E-state index contributed by atoms with van der Waals surface area (Å²) in [7, 11) is 0. The first kappa shape index (κ1) is 25.3. The Morgan fingerprint density at radius 3 is 2.44 bits per heavy atom. The zero-order valence-corrected chi connectivity index (χ0v) is 21.1. The predicted molar refractivity (Wildman–Crippen MR) is 141 cm³/mol. The molecule has 5 nitrogen and oxygen atoms in total. The largest absolute Gasteiger partial charge is 0.416 e. The first-order valence-corrected chi connectivity index (χ1v) is 13.0. The Hall–Kier alpha value is -4.01. The van der Waals surface area contributed by atoms with Crippen molar-refractivity contribution in [3.05, 3.63) is 89.5 Å². The second kappa shape index (κ2) is 9.94. The van der Waals surface area contributed by atoms with Crippen LogP contribution in [0.25, 0.3) is 22.0 Å². The summed E-state index contributed by atoms with van der Waals surface area (Å²) < 4.78 is 53.5. The van der Waals surface area contributed by atoms with Crippen LogP contribution < -0.4 is 4.90 Å². The third-order valence-electron chi connectivity index (χ3n) is 7.41. The van der Waals surface area contributed by atoms with E-state index in [1.54, 1.807) is 11.2 Å². The van der Waals surface area contributed by atoms with Crippen molar-refractivity contribution in [2.75, 3.05) is 18.0 Å². The molecule has 0 bridgehead atoms. The van der Waals surface area contributed by atoms with Gasteiger partial charge in [0, 0.05) is 31.1 Å². The quantitative estimate of drug-likeness (QED) is 0.254. The van der Waals surface area contributed by atoms with E-state index in [2.05, 4.69) is 20.9 Å². The fourth-order valence-electron chi connectivity index (χ4n) is 5.22. The van der Waals surface area contributed by atoms with Gasteiger partial charge in [0.2, 0.25) is 0 Å². The number of alkyl halides is 3. The molecule has 4 aromatic rings. The van der Waals surface area contributed by atoms with E-state index in [0.29, 0.717) is 6.07 Å². The number of aromatic nitrogens is 2. The molecule has 0 N–H and O–H groups in total. The summed E-state index contributed by atoms with van der Waals surface area (Å²) in [6, 6.07) is 15.9. The van der Waals surface area contributed by atoms with E-state index >= 15 is 0 Å². The fourth-order valence-corrected chi connectivity index (χ4v) is 5.22. The predicted octanol–water partition coefficient (Wildman–Crippen LogP) is 6.86. The van der Waals surface area contributed by atoms with Gasteiger partial charge in [-0.3, -0.25) is 4.79 Å². The number of carbonyl (C=O) groups is 1. The van der Waals surface area contributed by atoms with Crippen molar-refractivity contribution in [2.45, 2.75) is 44.4 Å². The van der Waals surface area contributed by atoms with Crippen molar-refractivity contribution in [3.8, 4) is 11.1 Å². The van der Waals surface area contributed by atoms with Gasteiger partial charge in [-0.15, -0.1) is 0 Å². The first-order chi connectivity index (χ1) is 18.8. The van der Waals surface area contributed by atoms with Gasteiger partial charge in [-0.1, -0.05) is 24.3 Å². The van der Waals surface area contributed by atoms with Crippen LogP contribution in [0.2, 0.25) is 0 Å². The van der Waals surface area contributed by atoms with E-state index in [4.69, 9.17) is 0 Å². The van der Waals surface area contributed by atoms with Gasteiger partial charge in [0.1, 0.15) is 18.0 Å². The monoisotopic (exact) mass is 534 g/mol. The fraction of sp³-hybridized carbons (Fsp3) is 0.300. The lowest BCUT2D eigenvalue weighted by molar-refractivity contribution is -0.137. The standard InChI is InChI=1S/C30H26F4N4O/c31-26-16-22(30(32,33)34)7-10-24(26)29(39)38(23-8-9-23)17-19-4-3-5-20(14-19)21-6-11-27-25(15-21)28(36-18-35-27)37-12-1-2-13-37/h3-7,10-11,14-16,18,23H,1-2,8-9,12-13,17H2. The van der Waals surface area contributed by atoms with Crippen LogP contribution >= 0.6 is 0 Å². The van der Waals surface area contributed by atoms with E-state index in [-0.39, 0.29) is 18.2 Å². The smallest absolute Gasteiger partial charge is 0.356 e. The van der Waals surface area contributed by atoms with Crippen LogP contribution in [0.15, 0.2) is 67.0 Å². The lowest BCUT2D eigenvalue weighted by Crippen LogP contribution is -2.33. The van der Waals surface area contributed by atoms with Crippen molar-refractivity contribution in [3.63, 3.8) is 0 Å². The molecule has 3 aromatic carbocycles. The summed E-state index contributed by atoms with van der Waals surface area (Å²) in [4.78, 5) is 26.1. The number of carbonyl (C=O) groups excluding carboxylic acids is 1.